The van der Waals surface area contributed by atoms with Crippen LogP contribution in [0.2, 0.25) is 0 Å². The lowest BCUT2D eigenvalue weighted by atomic mass is 9.70. The molecule has 0 aromatic rings. The van der Waals surface area contributed by atoms with Gasteiger partial charge in [0.05, 0.1) is 9.15 Å². The molecule has 3 heteroatoms. The van der Waals surface area contributed by atoms with Crippen LogP contribution in [0.25, 0.3) is 0 Å². The van der Waals surface area contributed by atoms with Crippen LogP contribution < -0.4 is 0 Å². The Kier molecular flexibility index (Phi) is 1.88. The Morgan fingerprint density at radius 1 is 1.31 bits per heavy atom. The number of ketones is 1. The van der Waals surface area contributed by atoms with Crippen molar-refractivity contribution in [3.8, 4) is 0 Å². The smallest absolute Gasteiger partial charge is 0.154 e. The number of hydrogen-bond donors (Lipinski definition) is 0. The van der Waals surface area contributed by atoms with Gasteiger partial charge >= 0.3 is 0 Å². The summed E-state index contributed by atoms with van der Waals surface area (Å²) in [4.78, 5) is 12.0. The molecule has 0 radical (unpaired) electrons. The van der Waals surface area contributed by atoms with E-state index in [1.807, 2.05) is 0 Å². The zero-order valence-corrected chi connectivity index (χ0v) is 11.3. The fraction of sp³-hybridized carbons (Fsp3) is 0.900. The molecule has 0 aromatic carbocycles. The first-order valence-electron chi connectivity index (χ1n) is 4.65. The number of carbonyl (C=O) groups excluding carboxylic acids is 1. The van der Waals surface area contributed by atoms with Gasteiger partial charge in [0.15, 0.2) is 5.78 Å². The minimum absolute atomic E-state index is 0.00579. The molecule has 2 bridgehead atoms. The molecule has 0 spiro atoms. The molecule has 2 aliphatic carbocycles. The van der Waals surface area contributed by atoms with E-state index in [9.17, 15) is 4.79 Å². The third kappa shape index (κ3) is 0.823. The van der Waals surface area contributed by atoms with Gasteiger partial charge in [0.2, 0.25) is 0 Å². The number of Topliss-reactive ketones (excluding diaryl/α,β-unsaturated/α-hetero) is 1. The second-order valence-corrected chi connectivity index (χ2v) is 7.38. The quantitative estimate of drug-likeness (QED) is 0.628. The number of fused-ring (bicyclic) bond motifs is 2. The van der Waals surface area contributed by atoms with E-state index in [2.05, 4.69) is 52.6 Å². The van der Waals surface area contributed by atoms with E-state index >= 15 is 0 Å². The first-order chi connectivity index (χ1) is 5.77. The predicted molar refractivity (Wildman–Crippen MR) is 60.5 cm³/mol. The van der Waals surface area contributed by atoms with Gasteiger partial charge in [-0.1, -0.05) is 52.6 Å². The van der Waals surface area contributed by atoms with Gasteiger partial charge in [-0.15, -0.1) is 0 Å². The molecule has 2 aliphatic rings. The summed E-state index contributed by atoms with van der Waals surface area (Å²) in [6.07, 6.45) is 2.12. The summed E-state index contributed by atoms with van der Waals surface area (Å²) in [6.45, 7) is 6.52. The van der Waals surface area contributed by atoms with Crippen LogP contribution in [0, 0.1) is 10.8 Å². The molecule has 0 saturated heterocycles. The van der Waals surface area contributed by atoms with Crippen molar-refractivity contribution >= 4 is 37.6 Å². The van der Waals surface area contributed by atoms with Crippen LogP contribution in [-0.4, -0.2) is 14.9 Å². The average Bonchev–Trinajstić information content (AvgIpc) is 2.28. The van der Waals surface area contributed by atoms with E-state index in [-0.39, 0.29) is 20.0 Å². The van der Waals surface area contributed by atoms with Crippen molar-refractivity contribution in [3.05, 3.63) is 0 Å². The second kappa shape index (κ2) is 2.41. The van der Waals surface area contributed by atoms with Crippen molar-refractivity contribution in [2.45, 2.75) is 42.8 Å². The normalized spacial score (nSPS) is 53.0. The number of hydrogen-bond acceptors (Lipinski definition) is 1. The summed E-state index contributed by atoms with van der Waals surface area (Å²) in [5, 5.41) is 0. The van der Waals surface area contributed by atoms with Crippen LogP contribution in [0.5, 0.6) is 0 Å². The van der Waals surface area contributed by atoms with Crippen molar-refractivity contribution in [2.24, 2.45) is 10.8 Å². The first-order valence-corrected chi connectivity index (χ1v) is 6.35. The Morgan fingerprint density at radius 2 is 1.85 bits per heavy atom. The van der Waals surface area contributed by atoms with Crippen LogP contribution in [0.4, 0.5) is 0 Å². The third-order valence-corrected chi connectivity index (χ3v) is 8.24. The summed E-state index contributed by atoms with van der Waals surface area (Å²) in [5.74, 6) is 0.376. The van der Waals surface area contributed by atoms with Gasteiger partial charge in [0, 0.05) is 5.41 Å². The van der Waals surface area contributed by atoms with Gasteiger partial charge in [0.25, 0.3) is 0 Å². The maximum atomic E-state index is 12.0. The Hall–Kier alpha value is 0.630. The fourth-order valence-corrected chi connectivity index (χ4v) is 5.03. The van der Waals surface area contributed by atoms with Crippen LogP contribution in [0.3, 0.4) is 0 Å². The van der Waals surface area contributed by atoms with Crippen LogP contribution in [-0.2, 0) is 4.79 Å². The molecule has 0 aliphatic heterocycles. The van der Waals surface area contributed by atoms with Crippen molar-refractivity contribution < 1.29 is 4.79 Å². The number of alkyl halides is 2. The highest BCUT2D eigenvalue weighted by Gasteiger charge is 2.73. The molecular weight excluding hydrogens is 296 g/mol. The minimum Gasteiger partial charge on any atom is -0.298 e. The van der Waals surface area contributed by atoms with Crippen molar-refractivity contribution in [1.82, 2.24) is 0 Å². The van der Waals surface area contributed by atoms with E-state index < -0.39 is 0 Å². The monoisotopic (exact) mass is 308 g/mol. The highest BCUT2D eigenvalue weighted by Crippen LogP contribution is 2.70. The number of rotatable bonds is 0. The molecule has 74 valence electrons. The zero-order chi connectivity index (χ0) is 10.1. The molecule has 0 amide bonds. The zero-order valence-electron chi connectivity index (χ0n) is 8.16. The fourth-order valence-electron chi connectivity index (χ4n) is 2.88. The second-order valence-electron chi connectivity index (χ2n) is 5.05. The third-order valence-electron chi connectivity index (χ3n) is 4.58. The Labute approximate surface area is 95.9 Å². The lowest BCUT2D eigenvalue weighted by Gasteiger charge is -2.36. The molecule has 1 nitrogen and oxygen atoms in total. The first kappa shape index (κ1) is 10.2. The molecule has 13 heavy (non-hydrogen) atoms. The van der Waals surface area contributed by atoms with Gasteiger partial charge in [0.1, 0.15) is 0 Å². The SMILES string of the molecule is CC1(C)[C@@]2(C)CC[C@]1(Br)[C@H](Br)C2=O. The Balaban J connectivity index is 2.61. The molecule has 2 rings (SSSR count). The standard InChI is InChI=1S/C10H14Br2O/c1-8(2)9(3)4-5-10(8,12)6(11)7(9)13/h6H,4-5H2,1-3H3/t6-,9+,10+/m1/s1. The largest absolute Gasteiger partial charge is 0.298 e. The maximum absolute atomic E-state index is 12.0. The Morgan fingerprint density at radius 3 is 2.08 bits per heavy atom. The molecule has 0 unspecified atom stereocenters. The van der Waals surface area contributed by atoms with Crippen LogP contribution >= 0.6 is 31.9 Å². The van der Waals surface area contributed by atoms with Crippen molar-refractivity contribution in [2.75, 3.05) is 0 Å². The van der Waals surface area contributed by atoms with Crippen molar-refractivity contribution in [3.63, 3.8) is 0 Å². The molecule has 0 N–H and O–H groups in total. The average molecular weight is 310 g/mol. The molecule has 2 fully saturated rings. The number of carbonyl (C=O) groups is 1. The van der Waals surface area contributed by atoms with Gasteiger partial charge < -0.3 is 0 Å². The lowest BCUT2D eigenvalue weighted by molar-refractivity contribution is -0.127. The van der Waals surface area contributed by atoms with E-state index in [0.717, 1.165) is 12.8 Å². The highest BCUT2D eigenvalue weighted by molar-refractivity contribution is 9.12. The van der Waals surface area contributed by atoms with E-state index in [4.69, 9.17) is 0 Å². The molecular formula is C10H14Br2O. The molecule has 2 saturated carbocycles. The van der Waals surface area contributed by atoms with Crippen molar-refractivity contribution in [1.29, 1.82) is 0 Å². The minimum atomic E-state index is -0.134. The Bertz CT molecular complexity index is 284. The van der Waals surface area contributed by atoms with Crippen LogP contribution in [0.1, 0.15) is 33.6 Å². The van der Waals surface area contributed by atoms with E-state index in [0.29, 0.717) is 5.78 Å². The van der Waals surface area contributed by atoms with Gasteiger partial charge in [-0.05, 0) is 18.3 Å². The van der Waals surface area contributed by atoms with E-state index in [1.165, 1.54) is 0 Å². The predicted octanol–water partition coefficient (Wildman–Crippen LogP) is 3.29. The molecule has 0 aromatic heterocycles. The summed E-state index contributed by atoms with van der Waals surface area (Å²) >= 11 is 7.31. The topological polar surface area (TPSA) is 17.1 Å². The summed E-state index contributed by atoms with van der Waals surface area (Å²) in [7, 11) is 0. The number of halogens is 2. The molecule has 0 heterocycles. The van der Waals surface area contributed by atoms with Gasteiger partial charge in [-0.3, -0.25) is 4.79 Å². The summed E-state index contributed by atoms with van der Waals surface area (Å²) < 4.78 is -0.0220. The van der Waals surface area contributed by atoms with E-state index in [1.54, 1.807) is 0 Å². The molecule has 3 atom stereocenters. The van der Waals surface area contributed by atoms with Gasteiger partial charge in [-0.2, -0.15) is 0 Å². The highest BCUT2D eigenvalue weighted by atomic mass is 79.9. The van der Waals surface area contributed by atoms with Gasteiger partial charge in [-0.25, -0.2) is 0 Å². The maximum Gasteiger partial charge on any atom is 0.154 e. The summed E-state index contributed by atoms with van der Waals surface area (Å²) in [6, 6.07) is 0. The lowest BCUT2D eigenvalue weighted by Crippen LogP contribution is -2.38. The summed E-state index contributed by atoms with van der Waals surface area (Å²) in [5.41, 5.74) is -0.0735. The van der Waals surface area contributed by atoms with Crippen LogP contribution in [0.15, 0.2) is 0 Å².